The Kier molecular flexibility index (Phi) is 7.96. The maximum absolute atomic E-state index is 13.6. The van der Waals surface area contributed by atoms with E-state index in [1.165, 1.54) is 24.3 Å². The second-order valence-electron chi connectivity index (χ2n) is 9.10. The van der Waals surface area contributed by atoms with Gasteiger partial charge in [0.2, 0.25) is 0 Å². The van der Waals surface area contributed by atoms with Crippen molar-refractivity contribution in [2.75, 3.05) is 11.5 Å². The number of nitrogen functional groups attached to an aromatic ring is 2. The molecular weight excluding hydrogens is 602 g/mol. The summed E-state index contributed by atoms with van der Waals surface area (Å²) < 4.78 is 77.1. The molecule has 6 aromatic carbocycles. The van der Waals surface area contributed by atoms with Crippen molar-refractivity contribution in [1.82, 2.24) is 0 Å². The van der Waals surface area contributed by atoms with E-state index in [9.17, 15) is 16.8 Å². The molecule has 10 nitrogen and oxygen atoms in total. The molecule has 2 heterocycles. The molecule has 0 saturated heterocycles. The predicted molar refractivity (Wildman–Crippen MR) is 164 cm³/mol. The quantitative estimate of drug-likeness (QED) is 0.142. The van der Waals surface area contributed by atoms with Crippen LogP contribution >= 0.6 is 0 Å². The van der Waals surface area contributed by atoms with Gasteiger partial charge in [0.15, 0.2) is 23.0 Å². The van der Waals surface area contributed by atoms with Gasteiger partial charge in [0.05, 0.1) is 10.8 Å². The predicted octanol–water partition coefficient (Wildman–Crippen LogP) is 4.42. The van der Waals surface area contributed by atoms with Crippen molar-refractivity contribution < 1.29 is 33.6 Å². The van der Waals surface area contributed by atoms with E-state index in [1.54, 1.807) is 60.7 Å². The number of nitrogens with two attached hydrogens (primary N) is 2. The zero-order valence-corrected chi connectivity index (χ0v) is 28.0. The summed E-state index contributed by atoms with van der Waals surface area (Å²) in [4.78, 5) is 0. The molecule has 0 spiro atoms. The number of hydrogen-bond acceptors (Lipinski definition) is 10. The van der Waals surface area contributed by atoms with E-state index in [-0.39, 0.29) is 137 Å². The Labute approximate surface area is 284 Å². The maximum atomic E-state index is 13.6. The van der Waals surface area contributed by atoms with Crippen LogP contribution in [-0.4, -0.2) is 76.0 Å². The fourth-order valence-electron chi connectivity index (χ4n) is 5.14. The molecule has 0 fully saturated rings. The van der Waals surface area contributed by atoms with E-state index in [0.29, 0.717) is 0 Å². The summed E-state index contributed by atoms with van der Waals surface area (Å²) in [6, 6.07) is 22.0. The average molecular weight is 621 g/mol. The Morgan fingerprint density at radius 2 is 0.690 bits per heavy atom. The van der Waals surface area contributed by atoms with Crippen LogP contribution in [0.5, 0.6) is 23.0 Å². The van der Waals surface area contributed by atoms with Crippen LogP contribution in [0.15, 0.2) is 84.9 Å². The molecule has 4 N–H and O–H groups in total. The van der Waals surface area contributed by atoms with Gasteiger partial charge in [0, 0.05) is 103 Å². The number of rotatable bonds is 0. The van der Waals surface area contributed by atoms with Crippen molar-refractivity contribution >= 4 is 134 Å². The van der Waals surface area contributed by atoms with E-state index in [0.717, 1.165) is 0 Å². The molecule has 2 radical (unpaired) electrons. The van der Waals surface area contributed by atoms with Crippen molar-refractivity contribution in [3.63, 3.8) is 0 Å². The van der Waals surface area contributed by atoms with Gasteiger partial charge in [0.25, 0.3) is 0 Å². The first-order valence-electron chi connectivity index (χ1n) is 11.9. The Morgan fingerprint density at radius 1 is 0.405 bits per heavy atom. The summed E-state index contributed by atoms with van der Waals surface area (Å²) in [6.07, 6.45) is 0. The van der Waals surface area contributed by atoms with Crippen molar-refractivity contribution in [2.24, 2.45) is 0 Å². The Morgan fingerprint density at radius 3 is 1.05 bits per heavy atom. The van der Waals surface area contributed by atoms with Gasteiger partial charge in [-0.25, -0.2) is 0 Å². The fourth-order valence-corrected chi connectivity index (χ4v) is 6.73. The van der Waals surface area contributed by atoms with Gasteiger partial charge in [-0.2, -0.15) is 0 Å². The molecule has 2 aliphatic rings. The van der Waals surface area contributed by atoms with E-state index in [2.05, 4.69) is 0 Å². The molecule has 0 aliphatic carbocycles. The molecule has 0 unspecified atom stereocenters. The second-order valence-corrected chi connectivity index (χ2v) is 11.4. The molecule has 14 heteroatoms. The van der Waals surface area contributed by atoms with Crippen molar-refractivity contribution in [3.8, 4) is 23.0 Å². The molecule has 8 rings (SSSR count). The molecular formula is C28H18N2Na2O8S2. The van der Waals surface area contributed by atoms with Crippen LogP contribution in [0.25, 0.3) is 43.1 Å². The minimum atomic E-state index is -4.84. The van der Waals surface area contributed by atoms with Crippen LogP contribution in [0.3, 0.4) is 0 Å². The van der Waals surface area contributed by atoms with Gasteiger partial charge in [0.1, 0.15) is 0 Å². The summed E-state index contributed by atoms with van der Waals surface area (Å²) in [6.45, 7) is 0. The van der Waals surface area contributed by atoms with Crippen molar-refractivity contribution in [2.45, 2.75) is 0 Å². The van der Waals surface area contributed by atoms with E-state index >= 15 is 0 Å². The molecule has 6 aromatic rings. The second kappa shape index (κ2) is 11.0. The van der Waals surface area contributed by atoms with Crippen LogP contribution in [0.1, 0.15) is 0 Å². The number of benzene rings is 6. The molecule has 0 atom stereocenters. The number of hydrogen-bond donors (Lipinski definition) is 2. The first kappa shape index (κ1) is 30.5. The first-order chi connectivity index (χ1) is 19.1. The SMILES string of the molecule is Nc1cccc2c3c4ccccc4c(c12)OS(=O)(=O)Oc1c2ccccc2c(c2cccc(N)c12)OS(=O)(=O)O3.[Na].[Na]. The summed E-state index contributed by atoms with van der Waals surface area (Å²) in [5.41, 5.74) is 12.8. The van der Waals surface area contributed by atoms with Crippen molar-refractivity contribution in [1.29, 1.82) is 0 Å². The van der Waals surface area contributed by atoms with Crippen molar-refractivity contribution in [3.05, 3.63) is 84.9 Å². The topological polar surface area (TPSA) is 157 Å². The maximum Gasteiger partial charge on any atom is 0.501 e. The molecule has 2 aliphatic heterocycles. The Bertz CT molecular complexity index is 2150. The molecule has 0 aromatic heterocycles. The van der Waals surface area contributed by atoms with Gasteiger partial charge < -0.3 is 28.2 Å². The molecule has 0 amide bonds. The molecule has 0 saturated carbocycles. The minimum absolute atomic E-state index is 0. The van der Waals surface area contributed by atoms with Gasteiger partial charge in [-0.1, -0.05) is 72.8 Å². The van der Waals surface area contributed by atoms with E-state index in [4.69, 9.17) is 28.2 Å². The van der Waals surface area contributed by atoms with Crippen LogP contribution in [-0.2, 0) is 20.8 Å². The summed E-state index contributed by atoms with van der Waals surface area (Å²) in [7, 11) is -9.63. The van der Waals surface area contributed by atoms with Gasteiger partial charge in [-0.3, -0.25) is 0 Å². The summed E-state index contributed by atoms with van der Waals surface area (Å²) in [5, 5.41) is 1.49. The van der Waals surface area contributed by atoms with Crippen LogP contribution in [0.4, 0.5) is 11.4 Å². The largest absolute Gasteiger partial charge is 0.501 e. The third-order valence-electron chi connectivity index (χ3n) is 6.71. The molecule has 202 valence electrons. The van der Waals surface area contributed by atoms with Gasteiger partial charge in [-0.15, -0.1) is 16.8 Å². The van der Waals surface area contributed by atoms with Crippen LogP contribution < -0.4 is 28.2 Å². The third-order valence-corrected chi connectivity index (χ3v) is 8.19. The smallest absolute Gasteiger partial charge is 0.398 e. The van der Waals surface area contributed by atoms with Crippen LogP contribution in [0, 0.1) is 0 Å². The van der Waals surface area contributed by atoms with E-state index in [1.807, 2.05) is 0 Å². The Hall–Kier alpha value is -2.94. The van der Waals surface area contributed by atoms with Gasteiger partial charge >= 0.3 is 20.8 Å². The minimum Gasteiger partial charge on any atom is -0.398 e. The van der Waals surface area contributed by atoms with E-state index < -0.39 is 20.8 Å². The zero-order chi connectivity index (χ0) is 27.8. The number of anilines is 2. The fraction of sp³-hybridized carbons (Fsp3) is 0. The molecule has 42 heavy (non-hydrogen) atoms. The van der Waals surface area contributed by atoms with Crippen LogP contribution in [0.2, 0.25) is 0 Å². The Balaban J connectivity index is 0.00000176. The first-order valence-corrected chi connectivity index (χ1v) is 14.5. The molecule has 4 bridgehead atoms. The monoisotopic (exact) mass is 620 g/mol. The summed E-state index contributed by atoms with van der Waals surface area (Å²) in [5.74, 6) is -0.565. The third kappa shape index (κ3) is 4.91. The summed E-state index contributed by atoms with van der Waals surface area (Å²) >= 11 is 0. The average Bonchev–Trinajstić information content (AvgIpc) is 2.92. The standard InChI is InChI=1S/C28H18N2O8S2.2Na/c29-21-13-5-11-19-23(21)27-17-9-3-1-7-15(17)25(19)35-39(31,32)36-26-16-8-2-4-10-18(16)28(38-40(33,34)37-27)24-20(26)12-6-14-22(24)30;;/h1-14H,29-30H2;;. The number of fused-ring (bicyclic) bond motifs is 5. The zero-order valence-electron chi connectivity index (χ0n) is 22.3. The van der Waals surface area contributed by atoms with Gasteiger partial charge in [-0.05, 0) is 12.1 Å². The normalized spacial score (nSPS) is 15.0.